The molecule has 0 radical (unpaired) electrons. The van der Waals surface area contributed by atoms with Crippen LogP contribution in [0.3, 0.4) is 0 Å². The monoisotopic (exact) mass is 558 g/mol. The molecule has 1 heterocycles. The Morgan fingerprint density at radius 1 is 1.27 bits per heavy atom. The van der Waals surface area contributed by atoms with E-state index in [0.29, 0.717) is 42.0 Å². The first-order valence-corrected chi connectivity index (χ1v) is 9.94. The van der Waals surface area contributed by atoms with Crippen molar-refractivity contribution in [1.29, 1.82) is 0 Å². The van der Waals surface area contributed by atoms with Gasteiger partial charge in [0, 0.05) is 30.5 Å². The zero-order valence-electron chi connectivity index (χ0n) is 17.2. The third-order valence-corrected chi connectivity index (χ3v) is 4.95. The van der Waals surface area contributed by atoms with Crippen LogP contribution in [0.5, 0.6) is 11.5 Å². The molecule has 2 N–H and O–H groups in total. The van der Waals surface area contributed by atoms with Crippen LogP contribution in [0, 0.1) is 0 Å². The van der Waals surface area contributed by atoms with E-state index in [9.17, 15) is 13.2 Å². The van der Waals surface area contributed by atoms with E-state index in [2.05, 4.69) is 20.6 Å². The molecular weight excluding hydrogens is 532 g/mol. The number of nitrogens with one attached hydrogen (secondary N) is 2. The Kier molecular flexibility index (Phi) is 10.7. The number of thiazole rings is 1. The lowest BCUT2D eigenvalue weighted by atomic mass is 10.1. The topological polar surface area (TPSA) is 67.8 Å². The van der Waals surface area contributed by atoms with E-state index >= 15 is 0 Å². The van der Waals surface area contributed by atoms with Crippen LogP contribution < -0.4 is 20.1 Å². The van der Waals surface area contributed by atoms with Gasteiger partial charge < -0.3 is 20.1 Å². The number of methoxy groups -OCH3 is 2. The highest BCUT2D eigenvalue weighted by Crippen LogP contribution is 2.30. The van der Waals surface area contributed by atoms with Crippen molar-refractivity contribution in [3.05, 3.63) is 39.8 Å². The maximum Gasteiger partial charge on any atom is 0.434 e. The van der Waals surface area contributed by atoms with Crippen LogP contribution >= 0.6 is 35.3 Å². The van der Waals surface area contributed by atoms with Gasteiger partial charge in [0.1, 0.15) is 11.5 Å². The SMILES string of the molecule is CCNC(=NCCc1nc(C(F)(F)F)cs1)NC(C)c1cc(OC)ccc1OC.I. The summed E-state index contributed by atoms with van der Waals surface area (Å²) in [5.74, 6) is 1.97. The highest BCUT2D eigenvalue weighted by Gasteiger charge is 2.33. The predicted molar refractivity (Wildman–Crippen MR) is 123 cm³/mol. The molecule has 2 aromatic rings. The zero-order chi connectivity index (χ0) is 21.4. The second kappa shape index (κ2) is 12.2. The van der Waals surface area contributed by atoms with Gasteiger partial charge in [0.25, 0.3) is 0 Å². The number of halogens is 4. The van der Waals surface area contributed by atoms with E-state index in [0.717, 1.165) is 22.3 Å². The second-order valence-electron chi connectivity index (χ2n) is 6.11. The maximum atomic E-state index is 12.6. The maximum absolute atomic E-state index is 12.6. The van der Waals surface area contributed by atoms with E-state index in [1.807, 2.05) is 32.0 Å². The van der Waals surface area contributed by atoms with E-state index in [4.69, 9.17) is 9.47 Å². The Labute approximate surface area is 195 Å². The molecule has 1 atom stereocenters. The van der Waals surface area contributed by atoms with Crippen LogP contribution in [0.2, 0.25) is 0 Å². The minimum atomic E-state index is -4.42. The smallest absolute Gasteiger partial charge is 0.434 e. The van der Waals surface area contributed by atoms with Crippen molar-refractivity contribution in [2.75, 3.05) is 27.3 Å². The van der Waals surface area contributed by atoms with Gasteiger partial charge in [-0.05, 0) is 32.0 Å². The van der Waals surface area contributed by atoms with Crippen molar-refractivity contribution in [2.45, 2.75) is 32.5 Å². The highest BCUT2D eigenvalue weighted by molar-refractivity contribution is 14.0. The van der Waals surface area contributed by atoms with Crippen molar-refractivity contribution < 1.29 is 22.6 Å². The number of aromatic nitrogens is 1. The summed E-state index contributed by atoms with van der Waals surface area (Å²) in [4.78, 5) is 8.08. The molecule has 0 saturated carbocycles. The van der Waals surface area contributed by atoms with E-state index < -0.39 is 11.9 Å². The predicted octanol–water partition coefficient (Wildman–Crippen LogP) is 4.66. The van der Waals surface area contributed by atoms with Crippen molar-refractivity contribution in [1.82, 2.24) is 15.6 Å². The number of rotatable bonds is 8. The molecule has 30 heavy (non-hydrogen) atoms. The lowest BCUT2D eigenvalue weighted by Gasteiger charge is -2.20. The Bertz CT molecular complexity index is 830. The fourth-order valence-electron chi connectivity index (χ4n) is 2.60. The fourth-order valence-corrected chi connectivity index (χ4v) is 3.39. The van der Waals surface area contributed by atoms with E-state index in [1.165, 1.54) is 0 Å². The third kappa shape index (κ3) is 7.49. The number of guanidine groups is 1. The number of aliphatic imine (C=N–C) groups is 1. The van der Waals surface area contributed by atoms with Crippen molar-refractivity contribution in [3.8, 4) is 11.5 Å². The molecule has 11 heteroatoms. The molecule has 1 unspecified atom stereocenters. The molecule has 0 bridgehead atoms. The van der Waals surface area contributed by atoms with Gasteiger partial charge in [-0.2, -0.15) is 13.2 Å². The number of benzene rings is 1. The zero-order valence-corrected chi connectivity index (χ0v) is 20.3. The number of hydrogen-bond acceptors (Lipinski definition) is 5. The quantitative estimate of drug-likeness (QED) is 0.281. The second-order valence-corrected chi connectivity index (χ2v) is 7.05. The molecule has 2 rings (SSSR count). The van der Waals surface area contributed by atoms with Gasteiger partial charge in [0.15, 0.2) is 11.7 Å². The molecule has 168 valence electrons. The lowest BCUT2D eigenvalue weighted by molar-refractivity contribution is -0.140. The fraction of sp³-hybridized carbons (Fsp3) is 0.474. The summed E-state index contributed by atoms with van der Waals surface area (Å²) in [5.41, 5.74) is 0.0393. The molecule has 0 aliphatic heterocycles. The Hall–Kier alpha value is -1.76. The average Bonchev–Trinajstić information content (AvgIpc) is 3.17. The van der Waals surface area contributed by atoms with Crippen LogP contribution in [-0.2, 0) is 12.6 Å². The minimum absolute atomic E-state index is 0. The summed E-state index contributed by atoms with van der Waals surface area (Å²) >= 11 is 0.990. The largest absolute Gasteiger partial charge is 0.497 e. The van der Waals surface area contributed by atoms with Crippen molar-refractivity contribution in [2.24, 2.45) is 4.99 Å². The first kappa shape index (κ1) is 26.3. The summed E-state index contributed by atoms with van der Waals surface area (Å²) in [6.07, 6.45) is -4.09. The molecular formula is C19H26F3IN4O2S. The first-order chi connectivity index (χ1) is 13.8. The molecule has 1 aromatic heterocycles. The molecule has 0 amide bonds. The summed E-state index contributed by atoms with van der Waals surface area (Å²) in [7, 11) is 3.19. The molecule has 0 spiro atoms. The van der Waals surface area contributed by atoms with Gasteiger partial charge in [-0.1, -0.05) is 0 Å². The molecule has 0 aliphatic carbocycles. The number of alkyl halides is 3. The third-order valence-electron chi connectivity index (χ3n) is 4.04. The Morgan fingerprint density at radius 2 is 2.00 bits per heavy atom. The van der Waals surface area contributed by atoms with Crippen LogP contribution in [-0.4, -0.2) is 38.3 Å². The molecule has 6 nitrogen and oxygen atoms in total. The van der Waals surface area contributed by atoms with Gasteiger partial charge >= 0.3 is 6.18 Å². The number of ether oxygens (including phenoxy) is 2. The van der Waals surface area contributed by atoms with Crippen LogP contribution in [0.4, 0.5) is 13.2 Å². The van der Waals surface area contributed by atoms with Crippen molar-refractivity contribution in [3.63, 3.8) is 0 Å². The van der Waals surface area contributed by atoms with Crippen LogP contribution in [0.1, 0.15) is 36.2 Å². The Morgan fingerprint density at radius 3 is 2.57 bits per heavy atom. The van der Waals surface area contributed by atoms with E-state index in [-0.39, 0.29) is 30.0 Å². The number of nitrogens with zero attached hydrogens (tertiary/aromatic N) is 2. The standard InChI is InChI=1S/C19H25F3N4O2S.HI/c1-5-23-18(24-9-8-17-26-16(11-29-17)19(20,21)22)25-12(2)14-10-13(27-3)6-7-15(14)28-4;/h6-7,10-12H,5,8-9H2,1-4H3,(H2,23,24,25);1H. The summed E-state index contributed by atoms with van der Waals surface area (Å²) < 4.78 is 48.7. The molecule has 0 fully saturated rings. The van der Waals surface area contributed by atoms with Gasteiger partial charge in [-0.15, -0.1) is 35.3 Å². The Balaban J connectivity index is 0.00000450. The minimum Gasteiger partial charge on any atom is -0.497 e. The molecule has 0 saturated heterocycles. The summed E-state index contributed by atoms with van der Waals surface area (Å²) in [6, 6.07) is 5.39. The highest BCUT2D eigenvalue weighted by atomic mass is 127. The van der Waals surface area contributed by atoms with Gasteiger partial charge in [-0.3, -0.25) is 4.99 Å². The average molecular weight is 558 g/mol. The van der Waals surface area contributed by atoms with Crippen LogP contribution in [0.15, 0.2) is 28.6 Å². The normalized spacial score (nSPS) is 12.7. The lowest BCUT2D eigenvalue weighted by Crippen LogP contribution is -2.39. The van der Waals surface area contributed by atoms with E-state index in [1.54, 1.807) is 14.2 Å². The van der Waals surface area contributed by atoms with Gasteiger partial charge in [0.05, 0.1) is 25.3 Å². The first-order valence-electron chi connectivity index (χ1n) is 9.06. The molecule has 1 aromatic carbocycles. The van der Waals surface area contributed by atoms with Gasteiger partial charge in [-0.25, -0.2) is 4.98 Å². The summed E-state index contributed by atoms with van der Waals surface area (Å²) in [5, 5.41) is 7.85. The molecule has 0 aliphatic rings. The summed E-state index contributed by atoms with van der Waals surface area (Å²) in [6.45, 7) is 4.84. The van der Waals surface area contributed by atoms with Gasteiger partial charge in [0.2, 0.25) is 0 Å². The number of hydrogen-bond donors (Lipinski definition) is 2. The van der Waals surface area contributed by atoms with Crippen molar-refractivity contribution >= 4 is 41.3 Å². The van der Waals surface area contributed by atoms with Crippen LogP contribution in [0.25, 0.3) is 0 Å².